The number of carbonyl (C=O) groups excluding carboxylic acids is 1. The SMILES string of the molecule is COc1cc2c(cc1Cc1ccccc1)[C@H](C)CN(C(=O)C(F)(F)F)CC2.Cl. The van der Waals surface area contributed by atoms with Crippen LogP contribution in [0.15, 0.2) is 42.5 Å². The second-order valence-electron chi connectivity index (χ2n) is 6.93. The van der Waals surface area contributed by atoms with Gasteiger partial charge in [-0.3, -0.25) is 4.79 Å². The number of benzene rings is 2. The second kappa shape index (κ2) is 8.86. The minimum Gasteiger partial charge on any atom is -0.496 e. The van der Waals surface area contributed by atoms with Gasteiger partial charge in [0.05, 0.1) is 7.11 Å². The molecule has 1 amide bonds. The third kappa shape index (κ3) is 4.79. The van der Waals surface area contributed by atoms with Crippen LogP contribution in [0, 0.1) is 0 Å². The molecule has 0 N–H and O–H groups in total. The smallest absolute Gasteiger partial charge is 0.471 e. The van der Waals surface area contributed by atoms with Gasteiger partial charge in [0.25, 0.3) is 0 Å². The third-order valence-corrected chi connectivity index (χ3v) is 4.99. The van der Waals surface area contributed by atoms with Gasteiger partial charge in [-0.05, 0) is 40.7 Å². The van der Waals surface area contributed by atoms with Crippen molar-refractivity contribution in [2.75, 3.05) is 20.2 Å². The van der Waals surface area contributed by atoms with E-state index < -0.39 is 12.1 Å². The minimum absolute atomic E-state index is 0. The fraction of sp³-hybridized carbons (Fsp3) is 0.381. The Kier molecular flexibility index (Phi) is 6.99. The molecular weight excluding hydrogens is 391 g/mol. The molecule has 3 nitrogen and oxygen atoms in total. The Bertz CT molecular complexity index is 824. The summed E-state index contributed by atoms with van der Waals surface area (Å²) < 4.78 is 44.0. The highest BCUT2D eigenvalue weighted by atomic mass is 35.5. The minimum atomic E-state index is -4.84. The van der Waals surface area contributed by atoms with Gasteiger partial charge >= 0.3 is 12.1 Å². The number of hydrogen-bond donors (Lipinski definition) is 0. The summed E-state index contributed by atoms with van der Waals surface area (Å²) in [5.41, 5.74) is 4.05. The maximum Gasteiger partial charge on any atom is 0.471 e. The lowest BCUT2D eigenvalue weighted by atomic mass is 9.91. The molecule has 0 unspecified atom stereocenters. The highest BCUT2D eigenvalue weighted by Gasteiger charge is 2.43. The van der Waals surface area contributed by atoms with E-state index >= 15 is 0 Å². The standard InChI is InChI=1S/C21H22F3NO2.ClH/c1-14-13-25(20(26)21(22,23)24)9-8-16-12-19(27-2)17(11-18(14)16)10-15-6-4-3-5-7-15;/h3-7,11-12,14H,8-10,13H2,1-2H3;1H/t14-;/m1./s1. The zero-order valence-corrected chi connectivity index (χ0v) is 16.6. The van der Waals surface area contributed by atoms with Gasteiger partial charge in [0.1, 0.15) is 5.75 Å². The Morgan fingerprint density at radius 3 is 2.50 bits per heavy atom. The molecule has 1 heterocycles. The normalized spacial score (nSPS) is 16.6. The first-order valence-corrected chi connectivity index (χ1v) is 8.89. The molecule has 0 saturated carbocycles. The molecule has 0 aliphatic carbocycles. The van der Waals surface area contributed by atoms with Crippen molar-refractivity contribution in [3.8, 4) is 5.75 Å². The van der Waals surface area contributed by atoms with Crippen LogP contribution in [-0.4, -0.2) is 37.2 Å². The Labute approximate surface area is 168 Å². The van der Waals surface area contributed by atoms with E-state index in [-0.39, 0.29) is 31.4 Å². The van der Waals surface area contributed by atoms with Crippen molar-refractivity contribution in [2.24, 2.45) is 0 Å². The molecule has 7 heteroatoms. The van der Waals surface area contributed by atoms with E-state index in [1.165, 1.54) is 0 Å². The van der Waals surface area contributed by atoms with Crippen LogP contribution >= 0.6 is 12.4 Å². The predicted octanol–water partition coefficient (Wildman–Crippen LogP) is 4.76. The number of amides is 1. The van der Waals surface area contributed by atoms with Crippen LogP contribution in [-0.2, 0) is 17.6 Å². The Hall–Kier alpha value is -2.21. The summed E-state index contributed by atoms with van der Waals surface area (Å²) in [5, 5.41) is 0. The molecular formula is C21H23ClF3NO2. The van der Waals surface area contributed by atoms with Crippen LogP contribution in [0.5, 0.6) is 5.75 Å². The molecule has 28 heavy (non-hydrogen) atoms. The van der Waals surface area contributed by atoms with E-state index in [0.29, 0.717) is 12.8 Å². The number of rotatable bonds is 3. The van der Waals surface area contributed by atoms with Crippen molar-refractivity contribution in [1.82, 2.24) is 4.90 Å². The zero-order chi connectivity index (χ0) is 19.6. The van der Waals surface area contributed by atoms with Crippen LogP contribution in [0.1, 0.15) is 35.1 Å². The van der Waals surface area contributed by atoms with Crippen LogP contribution < -0.4 is 4.74 Å². The lowest BCUT2D eigenvalue weighted by Gasteiger charge is -2.24. The Balaban J connectivity index is 0.00000280. The molecule has 2 aromatic rings. The van der Waals surface area contributed by atoms with E-state index in [9.17, 15) is 18.0 Å². The topological polar surface area (TPSA) is 29.5 Å². The summed E-state index contributed by atoms with van der Waals surface area (Å²) in [5.74, 6) is -1.23. The molecule has 0 spiro atoms. The van der Waals surface area contributed by atoms with Crippen molar-refractivity contribution in [1.29, 1.82) is 0 Å². The lowest BCUT2D eigenvalue weighted by molar-refractivity contribution is -0.185. The number of nitrogens with zero attached hydrogens (tertiary/aromatic N) is 1. The highest BCUT2D eigenvalue weighted by molar-refractivity contribution is 5.85. The van der Waals surface area contributed by atoms with E-state index in [4.69, 9.17) is 4.74 Å². The first-order valence-electron chi connectivity index (χ1n) is 8.89. The van der Waals surface area contributed by atoms with Gasteiger partial charge < -0.3 is 9.64 Å². The fourth-order valence-corrected chi connectivity index (χ4v) is 3.64. The average Bonchev–Trinajstić information content (AvgIpc) is 2.79. The average molecular weight is 414 g/mol. The monoisotopic (exact) mass is 413 g/mol. The van der Waals surface area contributed by atoms with E-state index in [1.54, 1.807) is 7.11 Å². The van der Waals surface area contributed by atoms with Crippen molar-refractivity contribution < 1.29 is 22.7 Å². The number of alkyl halides is 3. The lowest BCUT2D eigenvalue weighted by Crippen LogP contribution is -2.42. The van der Waals surface area contributed by atoms with Gasteiger partial charge in [-0.2, -0.15) is 13.2 Å². The number of fused-ring (bicyclic) bond motifs is 1. The van der Waals surface area contributed by atoms with E-state index in [0.717, 1.165) is 32.9 Å². The quantitative estimate of drug-likeness (QED) is 0.726. The van der Waals surface area contributed by atoms with E-state index in [2.05, 4.69) is 0 Å². The zero-order valence-electron chi connectivity index (χ0n) is 15.8. The molecule has 0 fully saturated rings. The van der Waals surface area contributed by atoms with Crippen LogP contribution in [0.4, 0.5) is 13.2 Å². The first kappa shape index (κ1) is 22.1. The van der Waals surface area contributed by atoms with Crippen molar-refractivity contribution in [2.45, 2.75) is 31.9 Å². The number of methoxy groups -OCH3 is 1. The maximum absolute atomic E-state index is 12.8. The molecule has 1 aliphatic heterocycles. The van der Waals surface area contributed by atoms with Crippen LogP contribution in [0.2, 0.25) is 0 Å². The van der Waals surface area contributed by atoms with Crippen molar-refractivity contribution in [3.05, 3.63) is 64.7 Å². The number of hydrogen-bond acceptors (Lipinski definition) is 2. The summed E-state index contributed by atoms with van der Waals surface area (Å²) in [6, 6.07) is 13.9. The molecule has 0 aromatic heterocycles. The Morgan fingerprint density at radius 2 is 1.89 bits per heavy atom. The molecule has 2 aromatic carbocycles. The maximum atomic E-state index is 12.8. The molecule has 152 valence electrons. The summed E-state index contributed by atoms with van der Waals surface area (Å²) in [4.78, 5) is 12.6. The molecule has 0 radical (unpaired) electrons. The van der Waals surface area contributed by atoms with Crippen molar-refractivity contribution >= 4 is 18.3 Å². The summed E-state index contributed by atoms with van der Waals surface area (Å²) in [6.45, 7) is 1.97. The third-order valence-electron chi connectivity index (χ3n) is 4.99. The number of halogens is 4. The molecule has 1 aliphatic rings. The summed E-state index contributed by atoms with van der Waals surface area (Å²) >= 11 is 0. The van der Waals surface area contributed by atoms with Gasteiger partial charge in [0.15, 0.2) is 0 Å². The fourth-order valence-electron chi connectivity index (χ4n) is 3.64. The van der Waals surface area contributed by atoms with Gasteiger partial charge in [-0.15, -0.1) is 12.4 Å². The highest BCUT2D eigenvalue weighted by Crippen LogP contribution is 2.33. The number of carbonyl (C=O) groups is 1. The summed E-state index contributed by atoms with van der Waals surface area (Å²) in [6.07, 6.45) is -3.79. The summed E-state index contributed by atoms with van der Waals surface area (Å²) in [7, 11) is 1.59. The first-order chi connectivity index (χ1) is 12.8. The Morgan fingerprint density at radius 1 is 1.21 bits per heavy atom. The van der Waals surface area contributed by atoms with Gasteiger partial charge in [-0.1, -0.05) is 43.3 Å². The molecule has 3 rings (SSSR count). The van der Waals surface area contributed by atoms with Crippen LogP contribution in [0.3, 0.4) is 0 Å². The molecule has 0 saturated heterocycles. The van der Waals surface area contributed by atoms with Gasteiger partial charge in [0.2, 0.25) is 0 Å². The largest absolute Gasteiger partial charge is 0.496 e. The van der Waals surface area contributed by atoms with E-state index in [1.807, 2.05) is 49.4 Å². The number of ether oxygens (including phenoxy) is 1. The van der Waals surface area contributed by atoms with Crippen molar-refractivity contribution in [3.63, 3.8) is 0 Å². The second-order valence-corrected chi connectivity index (χ2v) is 6.93. The predicted molar refractivity (Wildman–Crippen MR) is 104 cm³/mol. The van der Waals surface area contributed by atoms with Crippen LogP contribution in [0.25, 0.3) is 0 Å². The van der Waals surface area contributed by atoms with Gasteiger partial charge in [0, 0.05) is 19.5 Å². The molecule has 1 atom stereocenters. The van der Waals surface area contributed by atoms with Gasteiger partial charge in [-0.25, -0.2) is 0 Å². The molecule has 0 bridgehead atoms.